The fourth-order valence-electron chi connectivity index (χ4n) is 4.04. The highest BCUT2D eigenvalue weighted by atomic mass is 16.2. The normalized spacial score (nSPS) is 22.7. The van der Waals surface area contributed by atoms with Gasteiger partial charge in [0.2, 0.25) is 11.8 Å². The van der Waals surface area contributed by atoms with Gasteiger partial charge >= 0.3 is 0 Å². The fraction of sp³-hybridized carbons (Fsp3) is 0.579. The van der Waals surface area contributed by atoms with Crippen LogP contribution in [0.3, 0.4) is 0 Å². The van der Waals surface area contributed by atoms with Gasteiger partial charge in [0.05, 0.1) is 5.92 Å². The molecule has 0 saturated carbocycles. The lowest BCUT2D eigenvalue weighted by atomic mass is 9.71. The van der Waals surface area contributed by atoms with Gasteiger partial charge in [0.15, 0.2) is 0 Å². The van der Waals surface area contributed by atoms with E-state index in [9.17, 15) is 9.59 Å². The Balaban J connectivity index is 1.73. The summed E-state index contributed by atoms with van der Waals surface area (Å²) in [5, 5.41) is 3.07. The maximum absolute atomic E-state index is 12.7. The van der Waals surface area contributed by atoms with Crippen molar-refractivity contribution in [2.24, 2.45) is 11.3 Å². The molecule has 5 nitrogen and oxygen atoms in total. The van der Waals surface area contributed by atoms with Crippen molar-refractivity contribution in [1.29, 1.82) is 0 Å². The van der Waals surface area contributed by atoms with Gasteiger partial charge in [-0.1, -0.05) is 30.3 Å². The number of carbonyl (C=O) groups is 2. The molecule has 2 saturated heterocycles. The lowest BCUT2D eigenvalue weighted by Gasteiger charge is -2.50. The molecule has 0 bridgehead atoms. The van der Waals surface area contributed by atoms with Crippen LogP contribution >= 0.6 is 0 Å². The predicted octanol–water partition coefficient (Wildman–Crippen LogP) is 1.49. The summed E-state index contributed by atoms with van der Waals surface area (Å²) >= 11 is 0. The quantitative estimate of drug-likeness (QED) is 0.911. The second kappa shape index (κ2) is 6.55. The van der Waals surface area contributed by atoms with E-state index in [2.05, 4.69) is 22.3 Å². The monoisotopic (exact) mass is 329 g/mol. The molecule has 24 heavy (non-hydrogen) atoms. The molecule has 2 heterocycles. The van der Waals surface area contributed by atoms with Gasteiger partial charge in [0, 0.05) is 51.1 Å². The van der Waals surface area contributed by atoms with Crippen molar-refractivity contribution in [3.8, 4) is 0 Å². The third-order valence-electron chi connectivity index (χ3n) is 5.17. The number of amides is 2. The number of benzene rings is 1. The lowest BCUT2D eigenvalue weighted by molar-refractivity contribution is -0.148. The number of hydrogen-bond acceptors (Lipinski definition) is 3. The lowest BCUT2D eigenvalue weighted by Crippen LogP contribution is -2.63. The standard InChI is InChI=1S/C19H27N3O2/c1-14(2)20-18(24)17-10-21(9-16-7-5-4-6-8-16)11-19(17)12-22(13-19)15(3)23/h4-8,14,17H,9-13H2,1-3H3,(H,20,24). The van der Waals surface area contributed by atoms with E-state index in [1.54, 1.807) is 6.92 Å². The molecule has 1 N–H and O–H groups in total. The Kier molecular flexibility index (Phi) is 4.63. The Bertz CT molecular complexity index is 608. The zero-order valence-electron chi connectivity index (χ0n) is 14.8. The third kappa shape index (κ3) is 3.31. The van der Waals surface area contributed by atoms with Crippen LogP contribution in [0.5, 0.6) is 0 Å². The van der Waals surface area contributed by atoms with E-state index >= 15 is 0 Å². The maximum Gasteiger partial charge on any atom is 0.225 e. The predicted molar refractivity (Wildman–Crippen MR) is 93.2 cm³/mol. The molecule has 2 fully saturated rings. The average molecular weight is 329 g/mol. The largest absolute Gasteiger partial charge is 0.354 e. The second-order valence-electron chi connectivity index (χ2n) is 7.61. The van der Waals surface area contributed by atoms with Crippen molar-refractivity contribution in [2.45, 2.75) is 33.4 Å². The van der Waals surface area contributed by atoms with E-state index in [1.165, 1.54) is 5.56 Å². The van der Waals surface area contributed by atoms with E-state index in [0.29, 0.717) is 13.1 Å². The smallest absolute Gasteiger partial charge is 0.225 e. The molecule has 1 spiro atoms. The number of rotatable bonds is 4. The summed E-state index contributed by atoms with van der Waals surface area (Å²) in [6, 6.07) is 10.5. The van der Waals surface area contributed by atoms with Crippen LogP contribution in [-0.4, -0.2) is 53.8 Å². The summed E-state index contributed by atoms with van der Waals surface area (Å²) in [4.78, 5) is 28.5. The van der Waals surface area contributed by atoms with Crippen LogP contribution in [-0.2, 0) is 16.1 Å². The van der Waals surface area contributed by atoms with Crippen molar-refractivity contribution in [2.75, 3.05) is 26.2 Å². The molecule has 130 valence electrons. The Labute approximate surface area is 144 Å². The first-order valence-electron chi connectivity index (χ1n) is 8.72. The first-order valence-corrected chi connectivity index (χ1v) is 8.72. The Morgan fingerprint density at radius 2 is 1.88 bits per heavy atom. The van der Waals surface area contributed by atoms with E-state index in [1.807, 2.05) is 36.9 Å². The minimum atomic E-state index is -0.0839. The summed E-state index contributed by atoms with van der Waals surface area (Å²) in [5.41, 5.74) is 1.18. The summed E-state index contributed by atoms with van der Waals surface area (Å²) < 4.78 is 0. The SMILES string of the molecule is CC(=O)N1CC2(CN(Cc3ccccc3)CC2C(=O)NC(C)C)C1. The average Bonchev–Trinajstić information content (AvgIpc) is 2.85. The number of hydrogen-bond donors (Lipinski definition) is 1. The van der Waals surface area contributed by atoms with Crippen molar-refractivity contribution in [3.63, 3.8) is 0 Å². The molecule has 0 aliphatic carbocycles. The van der Waals surface area contributed by atoms with Gasteiger partial charge < -0.3 is 10.2 Å². The van der Waals surface area contributed by atoms with Gasteiger partial charge in [0.1, 0.15) is 0 Å². The number of nitrogens with one attached hydrogen (secondary N) is 1. The Morgan fingerprint density at radius 3 is 2.46 bits per heavy atom. The first kappa shape index (κ1) is 17.0. The fourth-order valence-corrected chi connectivity index (χ4v) is 4.04. The highest BCUT2D eigenvalue weighted by Crippen LogP contribution is 2.44. The van der Waals surface area contributed by atoms with Crippen LogP contribution in [0.15, 0.2) is 30.3 Å². The Hall–Kier alpha value is -1.88. The van der Waals surface area contributed by atoms with Crippen molar-refractivity contribution in [1.82, 2.24) is 15.1 Å². The van der Waals surface area contributed by atoms with Gasteiger partial charge in [-0.15, -0.1) is 0 Å². The summed E-state index contributed by atoms with van der Waals surface area (Å²) in [7, 11) is 0. The summed E-state index contributed by atoms with van der Waals surface area (Å²) in [6.07, 6.45) is 0. The zero-order chi connectivity index (χ0) is 17.3. The van der Waals surface area contributed by atoms with Crippen LogP contribution in [0, 0.1) is 11.3 Å². The molecule has 0 aromatic heterocycles. The van der Waals surface area contributed by atoms with Crippen molar-refractivity contribution < 1.29 is 9.59 Å². The number of carbonyl (C=O) groups excluding carboxylic acids is 2. The summed E-state index contributed by atoms with van der Waals surface area (Å²) in [6.45, 7) is 9.48. The Morgan fingerprint density at radius 1 is 1.21 bits per heavy atom. The highest BCUT2D eigenvalue weighted by Gasteiger charge is 2.57. The van der Waals surface area contributed by atoms with E-state index in [0.717, 1.165) is 19.6 Å². The van der Waals surface area contributed by atoms with Crippen molar-refractivity contribution >= 4 is 11.8 Å². The third-order valence-corrected chi connectivity index (χ3v) is 5.17. The van der Waals surface area contributed by atoms with E-state index in [4.69, 9.17) is 0 Å². The van der Waals surface area contributed by atoms with E-state index in [-0.39, 0.29) is 29.2 Å². The molecule has 1 atom stereocenters. The van der Waals surface area contributed by atoms with Gasteiger partial charge in [-0.05, 0) is 19.4 Å². The molecule has 1 aromatic carbocycles. The zero-order valence-corrected chi connectivity index (χ0v) is 14.8. The molecule has 0 radical (unpaired) electrons. The molecule has 3 rings (SSSR count). The first-order chi connectivity index (χ1) is 11.4. The van der Waals surface area contributed by atoms with Crippen LogP contribution < -0.4 is 5.32 Å². The molecule has 1 unspecified atom stereocenters. The minimum Gasteiger partial charge on any atom is -0.354 e. The van der Waals surface area contributed by atoms with Crippen LogP contribution in [0.2, 0.25) is 0 Å². The van der Waals surface area contributed by atoms with Gasteiger partial charge in [0.25, 0.3) is 0 Å². The van der Waals surface area contributed by atoms with Crippen molar-refractivity contribution in [3.05, 3.63) is 35.9 Å². The second-order valence-corrected chi connectivity index (χ2v) is 7.61. The topological polar surface area (TPSA) is 52.7 Å². The molecule has 2 aliphatic rings. The minimum absolute atomic E-state index is 0.0424. The van der Waals surface area contributed by atoms with E-state index < -0.39 is 0 Å². The molecule has 2 aliphatic heterocycles. The van der Waals surface area contributed by atoms with Gasteiger partial charge in [-0.2, -0.15) is 0 Å². The number of nitrogens with zero attached hydrogens (tertiary/aromatic N) is 2. The molecular weight excluding hydrogens is 302 g/mol. The van der Waals surface area contributed by atoms with Gasteiger partial charge in [-0.25, -0.2) is 0 Å². The molecular formula is C19H27N3O2. The van der Waals surface area contributed by atoms with Crippen LogP contribution in [0.4, 0.5) is 0 Å². The molecule has 2 amide bonds. The molecule has 5 heteroatoms. The molecule has 1 aromatic rings. The summed E-state index contributed by atoms with van der Waals surface area (Å²) in [5.74, 6) is 0.188. The maximum atomic E-state index is 12.7. The van der Waals surface area contributed by atoms with Crippen LogP contribution in [0.25, 0.3) is 0 Å². The number of likely N-dealkylation sites (tertiary alicyclic amines) is 2. The van der Waals surface area contributed by atoms with Gasteiger partial charge in [-0.3, -0.25) is 14.5 Å². The highest BCUT2D eigenvalue weighted by molar-refractivity contribution is 5.82. The van der Waals surface area contributed by atoms with Crippen LogP contribution in [0.1, 0.15) is 26.3 Å².